The van der Waals surface area contributed by atoms with Gasteiger partial charge in [-0.3, -0.25) is 4.79 Å². The number of anilines is 3. The summed E-state index contributed by atoms with van der Waals surface area (Å²) in [5.41, 5.74) is 2.46. The minimum Gasteiger partial charge on any atom is -0.422 e. The van der Waals surface area contributed by atoms with Crippen LogP contribution in [0.5, 0.6) is 0 Å². The second kappa shape index (κ2) is 8.20. The number of nitrogens with zero attached hydrogens (tertiary/aromatic N) is 4. The standard InChI is InChI=1S/C22H18N6O3S/c1-10-15-6-5-14(7-16(15)31-20(30)17(10)12(3)29)27-21-25-9-13(8-23)18(28-21)19-11(2)26-22(24-4)32-19/h5-7,9H,1-4H3,(H,24,26)(H,25,27,28). The smallest absolute Gasteiger partial charge is 0.347 e. The van der Waals surface area contributed by atoms with Crippen molar-refractivity contribution >= 4 is 44.9 Å². The van der Waals surface area contributed by atoms with E-state index in [4.69, 9.17) is 4.42 Å². The number of nitriles is 1. The molecular formula is C22H18N6O3S. The maximum absolute atomic E-state index is 12.2. The molecule has 0 saturated heterocycles. The minimum absolute atomic E-state index is 0.0548. The lowest BCUT2D eigenvalue weighted by Crippen LogP contribution is -2.14. The number of nitrogens with one attached hydrogen (secondary N) is 2. The van der Waals surface area contributed by atoms with Crippen LogP contribution in [-0.2, 0) is 0 Å². The molecule has 0 atom stereocenters. The van der Waals surface area contributed by atoms with Crippen molar-refractivity contribution in [2.45, 2.75) is 20.8 Å². The Morgan fingerprint density at radius 2 is 2.03 bits per heavy atom. The van der Waals surface area contributed by atoms with E-state index < -0.39 is 5.63 Å². The molecule has 3 aromatic heterocycles. The lowest BCUT2D eigenvalue weighted by Gasteiger charge is -2.10. The number of aromatic nitrogens is 3. The fourth-order valence-corrected chi connectivity index (χ4v) is 4.31. The highest BCUT2D eigenvalue weighted by Crippen LogP contribution is 2.34. The van der Waals surface area contributed by atoms with Crippen molar-refractivity contribution < 1.29 is 9.21 Å². The number of ketones is 1. The maximum Gasteiger partial charge on any atom is 0.347 e. The summed E-state index contributed by atoms with van der Waals surface area (Å²) in [4.78, 5) is 37.9. The van der Waals surface area contributed by atoms with E-state index >= 15 is 0 Å². The molecule has 0 spiro atoms. The molecule has 0 aliphatic heterocycles. The topological polar surface area (TPSA) is 134 Å². The zero-order valence-corrected chi connectivity index (χ0v) is 18.5. The van der Waals surface area contributed by atoms with Crippen LogP contribution in [-0.4, -0.2) is 27.8 Å². The lowest BCUT2D eigenvalue weighted by atomic mass is 10.0. The average molecular weight is 446 g/mol. The molecule has 2 N–H and O–H groups in total. The molecule has 4 aromatic rings. The highest BCUT2D eigenvalue weighted by atomic mass is 32.1. The highest BCUT2D eigenvalue weighted by molar-refractivity contribution is 7.19. The first-order valence-corrected chi connectivity index (χ1v) is 10.4. The van der Waals surface area contributed by atoms with Crippen LogP contribution in [0.1, 0.15) is 34.1 Å². The third kappa shape index (κ3) is 3.70. The van der Waals surface area contributed by atoms with Crippen LogP contribution in [0.15, 0.2) is 33.6 Å². The molecule has 3 heterocycles. The van der Waals surface area contributed by atoms with E-state index in [1.54, 1.807) is 32.2 Å². The fourth-order valence-electron chi connectivity index (χ4n) is 3.39. The summed E-state index contributed by atoms with van der Waals surface area (Å²) in [6.07, 6.45) is 1.45. The van der Waals surface area contributed by atoms with Crippen LogP contribution in [0.25, 0.3) is 21.5 Å². The number of thiazole rings is 1. The first kappa shape index (κ1) is 21.1. The zero-order valence-electron chi connectivity index (χ0n) is 17.7. The number of fused-ring (bicyclic) bond motifs is 1. The molecule has 32 heavy (non-hydrogen) atoms. The first-order chi connectivity index (χ1) is 15.3. The van der Waals surface area contributed by atoms with E-state index in [-0.39, 0.29) is 17.3 Å². The van der Waals surface area contributed by atoms with Gasteiger partial charge in [-0.15, -0.1) is 0 Å². The predicted octanol–water partition coefficient (Wildman–Crippen LogP) is 4.18. The zero-order chi connectivity index (χ0) is 23.0. The van der Waals surface area contributed by atoms with Gasteiger partial charge in [0.1, 0.15) is 22.9 Å². The fraction of sp³-hybridized carbons (Fsp3) is 0.182. The molecule has 0 aliphatic rings. The number of hydrogen-bond donors (Lipinski definition) is 2. The molecule has 160 valence electrons. The van der Waals surface area contributed by atoms with Crippen molar-refractivity contribution in [2.24, 2.45) is 0 Å². The van der Waals surface area contributed by atoms with Gasteiger partial charge >= 0.3 is 5.63 Å². The largest absolute Gasteiger partial charge is 0.422 e. The third-order valence-electron chi connectivity index (χ3n) is 4.91. The van der Waals surface area contributed by atoms with Gasteiger partial charge in [0.25, 0.3) is 0 Å². The molecular weight excluding hydrogens is 428 g/mol. The lowest BCUT2D eigenvalue weighted by molar-refractivity contribution is 0.101. The van der Waals surface area contributed by atoms with Gasteiger partial charge in [-0.05, 0) is 38.5 Å². The van der Waals surface area contributed by atoms with Crippen LogP contribution < -0.4 is 16.3 Å². The molecule has 0 amide bonds. The number of carbonyl (C=O) groups is 1. The molecule has 1 aromatic carbocycles. The number of rotatable bonds is 5. The Balaban J connectivity index is 1.75. The van der Waals surface area contributed by atoms with Crippen molar-refractivity contribution in [1.82, 2.24) is 15.0 Å². The minimum atomic E-state index is -0.669. The summed E-state index contributed by atoms with van der Waals surface area (Å²) < 4.78 is 5.36. The van der Waals surface area contributed by atoms with E-state index in [0.717, 1.165) is 15.7 Å². The van der Waals surface area contributed by atoms with Crippen molar-refractivity contribution in [2.75, 3.05) is 17.7 Å². The Morgan fingerprint density at radius 3 is 2.69 bits per heavy atom. The molecule has 4 rings (SSSR count). The molecule has 0 radical (unpaired) electrons. The van der Waals surface area contributed by atoms with E-state index in [1.165, 1.54) is 24.5 Å². The normalized spacial score (nSPS) is 10.7. The number of carbonyl (C=O) groups excluding carboxylic acids is 1. The summed E-state index contributed by atoms with van der Waals surface area (Å²) in [6, 6.07) is 7.30. The van der Waals surface area contributed by atoms with Crippen molar-refractivity contribution in [3.8, 4) is 16.6 Å². The van der Waals surface area contributed by atoms with Crippen molar-refractivity contribution in [3.05, 3.63) is 57.2 Å². The maximum atomic E-state index is 12.2. The average Bonchev–Trinajstić information content (AvgIpc) is 3.13. The predicted molar refractivity (Wildman–Crippen MR) is 123 cm³/mol. The van der Waals surface area contributed by atoms with Crippen LogP contribution in [0.3, 0.4) is 0 Å². The molecule has 0 fully saturated rings. The molecule has 0 aliphatic carbocycles. The Hall–Kier alpha value is -4.10. The first-order valence-electron chi connectivity index (χ1n) is 9.60. The summed E-state index contributed by atoms with van der Waals surface area (Å²) >= 11 is 1.40. The van der Waals surface area contributed by atoms with Crippen molar-refractivity contribution in [3.63, 3.8) is 0 Å². The van der Waals surface area contributed by atoms with Gasteiger partial charge in [0.2, 0.25) is 5.95 Å². The van der Waals surface area contributed by atoms with Gasteiger partial charge in [-0.2, -0.15) is 5.26 Å². The highest BCUT2D eigenvalue weighted by Gasteiger charge is 2.18. The molecule has 9 nitrogen and oxygen atoms in total. The second-order valence-electron chi connectivity index (χ2n) is 7.03. The van der Waals surface area contributed by atoms with Gasteiger partial charge < -0.3 is 15.1 Å². The SMILES string of the molecule is CNc1nc(C)c(-c2nc(Nc3ccc4c(C)c(C(C)=O)c(=O)oc4c3)ncc2C#N)s1. The van der Waals surface area contributed by atoms with Crippen molar-refractivity contribution in [1.29, 1.82) is 5.26 Å². The number of aryl methyl sites for hydroxylation is 2. The second-order valence-corrected chi connectivity index (χ2v) is 8.03. The molecule has 0 bridgehead atoms. The van der Waals surface area contributed by atoms with E-state index in [9.17, 15) is 14.9 Å². The number of Topliss-reactive ketones (excluding diaryl/α,β-unsaturated/α-hetero) is 1. The number of hydrogen-bond acceptors (Lipinski definition) is 10. The van der Waals surface area contributed by atoms with Crippen LogP contribution in [0.4, 0.5) is 16.8 Å². The Kier molecular flexibility index (Phi) is 5.42. The van der Waals surface area contributed by atoms with Crippen LogP contribution in [0.2, 0.25) is 0 Å². The Labute approximate surface area is 186 Å². The van der Waals surface area contributed by atoms with Gasteiger partial charge in [-0.25, -0.2) is 19.7 Å². The molecule has 10 heteroatoms. The van der Waals surface area contributed by atoms with Crippen LogP contribution >= 0.6 is 11.3 Å². The van der Waals surface area contributed by atoms with Crippen LogP contribution in [0, 0.1) is 25.2 Å². The summed E-state index contributed by atoms with van der Waals surface area (Å²) in [7, 11) is 1.78. The molecule has 0 saturated carbocycles. The summed E-state index contributed by atoms with van der Waals surface area (Å²) in [5, 5.41) is 17.0. The Morgan fingerprint density at radius 1 is 1.25 bits per heavy atom. The monoisotopic (exact) mass is 446 g/mol. The summed E-state index contributed by atoms with van der Waals surface area (Å²) in [5.74, 6) is -0.0600. The third-order valence-corrected chi connectivity index (χ3v) is 6.09. The quantitative estimate of drug-likeness (QED) is 0.342. The number of benzene rings is 1. The van der Waals surface area contributed by atoms with E-state index in [0.29, 0.717) is 33.5 Å². The van der Waals surface area contributed by atoms with Gasteiger partial charge in [0.15, 0.2) is 10.9 Å². The van der Waals surface area contributed by atoms with Gasteiger partial charge in [0.05, 0.1) is 22.3 Å². The molecule has 0 unspecified atom stereocenters. The van der Waals surface area contributed by atoms with Gasteiger partial charge in [-0.1, -0.05) is 11.3 Å². The Bertz CT molecular complexity index is 1480. The summed E-state index contributed by atoms with van der Waals surface area (Å²) in [6.45, 7) is 4.91. The van der Waals surface area contributed by atoms with E-state index in [1.807, 2.05) is 6.92 Å². The van der Waals surface area contributed by atoms with Gasteiger partial charge in [0, 0.05) is 24.2 Å². The van der Waals surface area contributed by atoms with E-state index in [2.05, 4.69) is 31.7 Å².